The maximum Gasteiger partial charge on any atom is 0.308 e. The van der Waals surface area contributed by atoms with Crippen molar-refractivity contribution in [2.75, 3.05) is 14.2 Å². The quantitative estimate of drug-likeness (QED) is 0.207. The second kappa shape index (κ2) is 17.4. The standard InChI is InChI=1S/C35H49N3O7S/c1-8-27(40)18-28(25-14-15-25)34(42)38(6)30(21(2)3)19-31(45-23(5)39)33-37-29(20-46-33)32(41)36-26(16-22(4)35(43)44-7)17-24-12-10-9-11-13-24/h9-13,20-22,25-26,28,30-31H,8,14-19H2,1-7H3,(H,36,41)/t22-,26+,28-,30+,31+/m0/s1. The van der Waals surface area contributed by atoms with Crippen LogP contribution in [0.5, 0.6) is 0 Å². The number of aromatic nitrogens is 1. The van der Waals surface area contributed by atoms with E-state index in [9.17, 15) is 24.0 Å². The number of thiazole rings is 1. The fourth-order valence-corrected chi connectivity index (χ4v) is 6.72. The molecule has 1 saturated carbocycles. The van der Waals surface area contributed by atoms with Crippen molar-refractivity contribution in [2.45, 2.75) is 97.8 Å². The highest BCUT2D eigenvalue weighted by molar-refractivity contribution is 7.09. The Morgan fingerprint density at radius 2 is 1.74 bits per heavy atom. The van der Waals surface area contributed by atoms with Gasteiger partial charge in [-0.2, -0.15) is 0 Å². The number of ketones is 1. The van der Waals surface area contributed by atoms with Gasteiger partial charge in [-0.25, -0.2) is 4.98 Å². The highest BCUT2D eigenvalue weighted by atomic mass is 32.1. The van der Waals surface area contributed by atoms with Crippen molar-refractivity contribution < 1.29 is 33.4 Å². The molecular formula is C35H49N3O7S. The number of hydrogen-bond donors (Lipinski definition) is 1. The molecule has 0 unspecified atom stereocenters. The first-order valence-corrected chi connectivity index (χ1v) is 17.1. The SMILES string of the molecule is CCC(=O)C[C@H](C(=O)N(C)[C@H](C[C@@H](OC(C)=O)c1nc(C(=O)N[C@@H](Cc2ccccc2)C[C@H](C)C(=O)OC)cs1)C(C)C)C1CC1. The second-order valence-corrected chi connectivity index (χ2v) is 13.6. The van der Waals surface area contributed by atoms with Gasteiger partial charge < -0.3 is 19.7 Å². The van der Waals surface area contributed by atoms with Gasteiger partial charge >= 0.3 is 11.9 Å². The molecule has 10 nitrogen and oxygen atoms in total. The van der Waals surface area contributed by atoms with Gasteiger partial charge in [0.1, 0.15) is 16.5 Å². The predicted octanol–water partition coefficient (Wildman–Crippen LogP) is 5.56. The van der Waals surface area contributed by atoms with Crippen LogP contribution in [0.4, 0.5) is 0 Å². The van der Waals surface area contributed by atoms with Gasteiger partial charge in [-0.05, 0) is 43.1 Å². The van der Waals surface area contributed by atoms with E-state index in [4.69, 9.17) is 9.47 Å². The van der Waals surface area contributed by atoms with Crippen molar-refractivity contribution in [1.82, 2.24) is 15.2 Å². The molecule has 1 aliphatic rings. The van der Waals surface area contributed by atoms with Crippen LogP contribution in [0, 0.1) is 23.7 Å². The molecule has 0 bridgehead atoms. The Bertz CT molecular complexity index is 1340. The zero-order chi connectivity index (χ0) is 34.0. The number of benzene rings is 1. The number of nitrogens with zero attached hydrogens (tertiary/aromatic N) is 2. The number of rotatable bonds is 18. The van der Waals surface area contributed by atoms with E-state index in [0.717, 1.165) is 18.4 Å². The van der Waals surface area contributed by atoms with E-state index >= 15 is 0 Å². The summed E-state index contributed by atoms with van der Waals surface area (Å²) in [6.45, 7) is 8.92. The number of carbonyl (C=O) groups excluding carboxylic acids is 5. The summed E-state index contributed by atoms with van der Waals surface area (Å²) in [4.78, 5) is 70.1. The summed E-state index contributed by atoms with van der Waals surface area (Å²) in [6, 6.07) is 9.04. The van der Waals surface area contributed by atoms with Gasteiger partial charge in [0.05, 0.1) is 13.0 Å². The Balaban J connectivity index is 1.79. The molecule has 11 heteroatoms. The third kappa shape index (κ3) is 10.7. The fourth-order valence-electron chi connectivity index (χ4n) is 5.88. The zero-order valence-corrected chi connectivity index (χ0v) is 28.9. The first kappa shape index (κ1) is 36.9. The molecule has 1 N–H and O–H groups in total. The van der Waals surface area contributed by atoms with Gasteiger partial charge in [0.2, 0.25) is 5.91 Å². The smallest absolute Gasteiger partial charge is 0.308 e. The highest BCUT2D eigenvalue weighted by Gasteiger charge is 2.41. The van der Waals surface area contributed by atoms with Crippen LogP contribution >= 0.6 is 11.3 Å². The van der Waals surface area contributed by atoms with E-state index in [2.05, 4.69) is 10.3 Å². The van der Waals surface area contributed by atoms with Crippen molar-refractivity contribution in [2.24, 2.45) is 23.7 Å². The molecule has 1 aromatic heterocycles. The summed E-state index contributed by atoms with van der Waals surface area (Å²) in [5.41, 5.74) is 1.19. The molecule has 46 heavy (non-hydrogen) atoms. The number of Topliss-reactive ketones (excluding diaryl/α,β-unsaturated/α-hetero) is 1. The molecule has 0 aliphatic heterocycles. The average Bonchev–Trinajstić information content (AvgIpc) is 3.75. The Kier molecular flexibility index (Phi) is 13.9. The minimum absolute atomic E-state index is 0.0204. The molecule has 252 valence electrons. The van der Waals surface area contributed by atoms with Crippen LogP contribution in [0.1, 0.15) is 100 Å². The molecule has 0 radical (unpaired) electrons. The summed E-state index contributed by atoms with van der Waals surface area (Å²) >= 11 is 1.22. The third-order valence-corrected chi connectivity index (χ3v) is 9.60. The lowest BCUT2D eigenvalue weighted by atomic mass is 9.91. The minimum Gasteiger partial charge on any atom is -0.469 e. The number of carbonyl (C=O) groups is 5. The summed E-state index contributed by atoms with van der Waals surface area (Å²) < 4.78 is 10.6. The minimum atomic E-state index is -0.775. The first-order valence-electron chi connectivity index (χ1n) is 16.2. The van der Waals surface area contributed by atoms with Crippen LogP contribution in [0.25, 0.3) is 0 Å². The first-order chi connectivity index (χ1) is 21.8. The van der Waals surface area contributed by atoms with Crippen LogP contribution in [0.3, 0.4) is 0 Å². The fraction of sp³-hybridized carbons (Fsp3) is 0.600. The Morgan fingerprint density at radius 1 is 1.07 bits per heavy atom. The topological polar surface area (TPSA) is 132 Å². The summed E-state index contributed by atoms with van der Waals surface area (Å²) in [5, 5.41) is 5.12. The maximum absolute atomic E-state index is 13.7. The molecule has 1 aromatic carbocycles. The Morgan fingerprint density at radius 3 is 2.30 bits per heavy atom. The van der Waals surface area contributed by atoms with Gasteiger partial charge in [-0.15, -0.1) is 11.3 Å². The van der Waals surface area contributed by atoms with E-state index in [-0.39, 0.29) is 59.6 Å². The molecule has 3 rings (SSSR count). The third-order valence-electron chi connectivity index (χ3n) is 8.66. The van der Waals surface area contributed by atoms with Crippen molar-refractivity contribution in [3.8, 4) is 0 Å². The van der Waals surface area contributed by atoms with Crippen molar-refractivity contribution in [1.29, 1.82) is 0 Å². The molecule has 0 spiro atoms. The van der Waals surface area contributed by atoms with Crippen LogP contribution in [0.2, 0.25) is 0 Å². The number of amides is 2. The van der Waals surface area contributed by atoms with Gasteiger partial charge in [-0.3, -0.25) is 24.0 Å². The summed E-state index contributed by atoms with van der Waals surface area (Å²) in [6.07, 6.45) is 2.95. The van der Waals surface area contributed by atoms with E-state index in [1.807, 2.05) is 51.1 Å². The number of methoxy groups -OCH3 is 1. The summed E-state index contributed by atoms with van der Waals surface area (Å²) in [5.74, 6) is -1.75. The molecule has 0 saturated heterocycles. The normalized spacial score (nSPS) is 16.1. The Hall–Kier alpha value is -3.60. The number of nitrogens with one attached hydrogen (secondary N) is 1. The molecule has 1 aliphatic carbocycles. The van der Waals surface area contributed by atoms with Crippen molar-refractivity contribution >= 4 is 40.9 Å². The van der Waals surface area contributed by atoms with Crippen LogP contribution < -0.4 is 5.32 Å². The molecular weight excluding hydrogens is 606 g/mol. The lowest BCUT2D eigenvalue weighted by Crippen LogP contribution is -2.45. The highest BCUT2D eigenvalue weighted by Crippen LogP contribution is 2.41. The van der Waals surface area contributed by atoms with Gasteiger partial charge in [0.15, 0.2) is 6.10 Å². The number of hydrogen-bond acceptors (Lipinski definition) is 9. The second-order valence-electron chi connectivity index (χ2n) is 12.7. The van der Waals surface area contributed by atoms with Gasteiger partial charge in [-0.1, -0.05) is 58.0 Å². The molecule has 2 aromatic rings. The molecule has 1 fully saturated rings. The molecule has 1 heterocycles. The maximum atomic E-state index is 13.7. The zero-order valence-electron chi connectivity index (χ0n) is 28.1. The number of ether oxygens (including phenoxy) is 2. The monoisotopic (exact) mass is 655 g/mol. The van der Waals surface area contributed by atoms with Crippen molar-refractivity contribution in [3.63, 3.8) is 0 Å². The van der Waals surface area contributed by atoms with Crippen molar-refractivity contribution in [3.05, 3.63) is 52.0 Å². The van der Waals surface area contributed by atoms with Crippen LogP contribution in [0.15, 0.2) is 35.7 Å². The predicted molar refractivity (Wildman–Crippen MR) is 176 cm³/mol. The van der Waals surface area contributed by atoms with Gasteiger partial charge in [0, 0.05) is 56.6 Å². The summed E-state index contributed by atoms with van der Waals surface area (Å²) in [7, 11) is 3.10. The van der Waals surface area contributed by atoms with E-state index in [1.165, 1.54) is 25.4 Å². The Labute approximate surface area is 276 Å². The average molecular weight is 656 g/mol. The van der Waals surface area contributed by atoms with Crippen LogP contribution in [-0.2, 0) is 35.1 Å². The van der Waals surface area contributed by atoms with Crippen LogP contribution in [-0.4, -0.2) is 65.7 Å². The van der Waals surface area contributed by atoms with Gasteiger partial charge in [0.25, 0.3) is 5.91 Å². The number of esters is 2. The lowest BCUT2D eigenvalue weighted by molar-refractivity contribution is -0.149. The van der Waals surface area contributed by atoms with E-state index < -0.39 is 23.9 Å². The molecule has 5 atom stereocenters. The molecule has 2 amide bonds. The largest absolute Gasteiger partial charge is 0.469 e. The van der Waals surface area contributed by atoms with E-state index in [0.29, 0.717) is 30.7 Å². The van der Waals surface area contributed by atoms with E-state index in [1.54, 1.807) is 24.3 Å². The lowest BCUT2D eigenvalue weighted by Gasteiger charge is -2.35.